The van der Waals surface area contributed by atoms with E-state index < -0.39 is 5.97 Å². The second-order valence-electron chi connectivity index (χ2n) is 4.65. The van der Waals surface area contributed by atoms with Crippen molar-refractivity contribution in [2.45, 2.75) is 26.7 Å². The molecule has 1 heterocycles. The lowest BCUT2D eigenvalue weighted by Crippen LogP contribution is -2.00. The molecule has 1 aromatic carbocycles. The van der Waals surface area contributed by atoms with Gasteiger partial charge in [-0.1, -0.05) is 13.3 Å². The molecule has 2 aromatic rings. The first-order chi connectivity index (χ1) is 10.2. The number of ether oxygens (including phenoxy) is 2. The molecule has 1 aromatic heterocycles. The highest BCUT2D eigenvalue weighted by Gasteiger charge is 2.18. The largest absolute Gasteiger partial charge is 0.494 e. The number of carbonyl (C=O) groups excluding carboxylic acids is 1. The number of rotatable bonds is 6. The van der Waals surface area contributed by atoms with Crippen LogP contribution >= 0.6 is 0 Å². The van der Waals surface area contributed by atoms with Gasteiger partial charge in [0, 0.05) is 5.56 Å². The van der Waals surface area contributed by atoms with Gasteiger partial charge in [-0.15, -0.1) is 0 Å². The van der Waals surface area contributed by atoms with E-state index in [0.29, 0.717) is 18.2 Å². The van der Waals surface area contributed by atoms with Crippen molar-refractivity contribution in [1.29, 1.82) is 0 Å². The van der Waals surface area contributed by atoms with Crippen LogP contribution in [0.15, 0.2) is 28.7 Å². The van der Waals surface area contributed by atoms with E-state index >= 15 is 0 Å². The highest BCUT2D eigenvalue weighted by molar-refractivity contribution is 5.87. The number of hydrogen-bond donors (Lipinski definition) is 0. The molecule has 0 aliphatic rings. The predicted molar refractivity (Wildman–Crippen MR) is 78.4 cm³/mol. The molecule has 2 rings (SSSR count). The minimum absolute atomic E-state index is 0.135. The van der Waals surface area contributed by atoms with Gasteiger partial charge in [-0.2, -0.15) is 0 Å². The Labute approximate surface area is 123 Å². The summed E-state index contributed by atoms with van der Waals surface area (Å²) in [7, 11) is 1.31. The normalized spacial score (nSPS) is 10.4. The van der Waals surface area contributed by atoms with Gasteiger partial charge in [0.2, 0.25) is 11.7 Å². The van der Waals surface area contributed by atoms with Gasteiger partial charge < -0.3 is 13.9 Å². The molecule has 0 aliphatic heterocycles. The summed E-state index contributed by atoms with van der Waals surface area (Å²) in [6, 6.07) is 7.44. The third-order valence-electron chi connectivity index (χ3n) is 3.04. The molecule has 0 atom stereocenters. The van der Waals surface area contributed by atoms with E-state index in [0.717, 1.165) is 24.2 Å². The Kier molecular flexibility index (Phi) is 4.98. The average molecular weight is 289 g/mol. The van der Waals surface area contributed by atoms with Crippen LogP contribution in [0.5, 0.6) is 5.75 Å². The molecule has 0 fully saturated rings. The Morgan fingerprint density at radius 2 is 2.00 bits per heavy atom. The third-order valence-corrected chi connectivity index (χ3v) is 3.04. The van der Waals surface area contributed by atoms with Crippen LogP contribution in [-0.2, 0) is 4.74 Å². The Balaban J connectivity index is 2.13. The first-order valence-electron chi connectivity index (χ1n) is 6.94. The monoisotopic (exact) mass is 289 g/mol. The number of methoxy groups -OCH3 is 1. The predicted octanol–water partition coefficient (Wildman–Crippen LogP) is 3.62. The molecule has 0 saturated heterocycles. The standard InChI is InChI=1S/C16H19NO4/c1-4-5-10-20-13-8-6-12(7-9-13)15-17-11(2)14(21-15)16(18)19-3/h6-9H,4-5,10H2,1-3H3. The van der Waals surface area contributed by atoms with Gasteiger partial charge in [0.1, 0.15) is 5.75 Å². The Morgan fingerprint density at radius 3 is 2.62 bits per heavy atom. The lowest BCUT2D eigenvalue weighted by Gasteiger charge is -2.05. The summed E-state index contributed by atoms with van der Waals surface area (Å²) in [5.74, 6) is 0.818. The molecule has 0 amide bonds. The molecular formula is C16H19NO4. The van der Waals surface area contributed by atoms with Gasteiger partial charge in [-0.05, 0) is 37.6 Å². The fraction of sp³-hybridized carbons (Fsp3) is 0.375. The number of aromatic nitrogens is 1. The molecule has 0 radical (unpaired) electrons. The van der Waals surface area contributed by atoms with Crippen LogP contribution in [0.25, 0.3) is 11.5 Å². The van der Waals surface area contributed by atoms with Gasteiger partial charge in [0.15, 0.2) is 0 Å². The SMILES string of the molecule is CCCCOc1ccc(-c2nc(C)c(C(=O)OC)o2)cc1. The summed E-state index contributed by atoms with van der Waals surface area (Å²) >= 11 is 0. The van der Waals surface area contributed by atoms with Crippen molar-refractivity contribution >= 4 is 5.97 Å². The molecule has 0 spiro atoms. The quantitative estimate of drug-likeness (QED) is 0.600. The summed E-state index contributed by atoms with van der Waals surface area (Å²) in [5.41, 5.74) is 1.30. The van der Waals surface area contributed by atoms with Crippen LogP contribution in [0.3, 0.4) is 0 Å². The van der Waals surface area contributed by atoms with Crippen molar-refractivity contribution < 1.29 is 18.7 Å². The number of aryl methyl sites for hydroxylation is 1. The average Bonchev–Trinajstić information content (AvgIpc) is 2.89. The van der Waals surface area contributed by atoms with Gasteiger partial charge in [-0.3, -0.25) is 0 Å². The zero-order valence-corrected chi connectivity index (χ0v) is 12.5. The van der Waals surface area contributed by atoms with E-state index in [4.69, 9.17) is 9.15 Å². The molecule has 5 heteroatoms. The van der Waals surface area contributed by atoms with Gasteiger partial charge in [0.25, 0.3) is 0 Å². The zero-order chi connectivity index (χ0) is 15.2. The number of nitrogens with zero attached hydrogens (tertiary/aromatic N) is 1. The van der Waals surface area contributed by atoms with Crippen molar-refractivity contribution in [1.82, 2.24) is 4.98 Å². The van der Waals surface area contributed by atoms with Gasteiger partial charge in [-0.25, -0.2) is 9.78 Å². The zero-order valence-electron chi connectivity index (χ0n) is 12.5. The van der Waals surface area contributed by atoms with E-state index in [1.807, 2.05) is 24.3 Å². The van der Waals surface area contributed by atoms with Crippen LogP contribution in [-0.4, -0.2) is 24.7 Å². The number of hydrogen-bond acceptors (Lipinski definition) is 5. The maximum absolute atomic E-state index is 11.5. The number of oxazole rings is 1. The molecule has 0 N–H and O–H groups in total. The number of esters is 1. The minimum atomic E-state index is -0.522. The molecular weight excluding hydrogens is 270 g/mol. The second kappa shape index (κ2) is 6.92. The van der Waals surface area contributed by atoms with Crippen LogP contribution in [0.2, 0.25) is 0 Å². The van der Waals surface area contributed by atoms with E-state index in [2.05, 4.69) is 16.6 Å². The number of benzene rings is 1. The molecule has 0 unspecified atom stereocenters. The first kappa shape index (κ1) is 15.1. The first-order valence-corrected chi connectivity index (χ1v) is 6.94. The third kappa shape index (κ3) is 3.62. The Bertz CT molecular complexity index is 601. The topological polar surface area (TPSA) is 61.6 Å². The fourth-order valence-electron chi connectivity index (χ4n) is 1.83. The summed E-state index contributed by atoms with van der Waals surface area (Å²) in [6.45, 7) is 4.54. The molecule has 21 heavy (non-hydrogen) atoms. The fourth-order valence-corrected chi connectivity index (χ4v) is 1.83. The summed E-state index contributed by atoms with van der Waals surface area (Å²) < 4.78 is 15.7. The number of unbranched alkanes of at least 4 members (excludes halogenated alkanes) is 1. The molecule has 0 bridgehead atoms. The Morgan fingerprint density at radius 1 is 1.29 bits per heavy atom. The lowest BCUT2D eigenvalue weighted by atomic mass is 10.2. The molecule has 0 aliphatic carbocycles. The van der Waals surface area contributed by atoms with Crippen LogP contribution in [0.4, 0.5) is 0 Å². The maximum Gasteiger partial charge on any atom is 0.375 e. The van der Waals surface area contributed by atoms with E-state index in [-0.39, 0.29) is 5.76 Å². The molecule has 0 saturated carbocycles. The highest BCUT2D eigenvalue weighted by Crippen LogP contribution is 2.24. The molecule has 5 nitrogen and oxygen atoms in total. The summed E-state index contributed by atoms with van der Waals surface area (Å²) in [6.07, 6.45) is 2.13. The second-order valence-corrected chi connectivity index (χ2v) is 4.65. The lowest BCUT2D eigenvalue weighted by molar-refractivity contribution is 0.0565. The highest BCUT2D eigenvalue weighted by atomic mass is 16.5. The van der Waals surface area contributed by atoms with Crippen molar-refractivity contribution in [3.05, 3.63) is 35.7 Å². The minimum Gasteiger partial charge on any atom is -0.494 e. The molecule has 112 valence electrons. The van der Waals surface area contributed by atoms with Crippen molar-refractivity contribution in [3.63, 3.8) is 0 Å². The summed E-state index contributed by atoms with van der Waals surface area (Å²) in [5, 5.41) is 0. The van der Waals surface area contributed by atoms with Crippen LogP contribution in [0.1, 0.15) is 36.0 Å². The van der Waals surface area contributed by atoms with Crippen molar-refractivity contribution in [3.8, 4) is 17.2 Å². The maximum atomic E-state index is 11.5. The van der Waals surface area contributed by atoms with Crippen LogP contribution < -0.4 is 4.74 Å². The van der Waals surface area contributed by atoms with Crippen molar-refractivity contribution in [2.24, 2.45) is 0 Å². The number of carbonyl (C=O) groups is 1. The van der Waals surface area contributed by atoms with Crippen molar-refractivity contribution in [2.75, 3.05) is 13.7 Å². The smallest absolute Gasteiger partial charge is 0.375 e. The van der Waals surface area contributed by atoms with E-state index in [1.54, 1.807) is 6.92 Å². The Hall–Kier alpha value is -2.30. The summed E-state index contributed by atoms with van der Waals surface area (Å²) in [4.78, 5) is 15.8. The van der Waals surface area contributed by atoms with E-state index in [1.165, 1.54) is 7.11 Å². The van der Waals surface area contributed by atoms with E-state index in [9.17, 15) is 4.79 Å². The van der Waals surface area contributed by atoms with Crippen LogP contribution in [0, 0.1) is 6.92 Å². The van der Waals surface area contributed by atoms with Gasteiger partial charge in [0.05, 0.1) is 19.4 Å². The van der Waals surface area contributed by atoms with Gasteiger partial charge >= 0.3 is 5.97 Å².